The average molecular weight is 318 g/mol. The molecule has 1 aromatic carbocycles. The topological polar surface area (TPSA) is 146 Å². The van der Waals surface area contributed by atoms with E-state index in [9.17, 15) is 19.5 Å². The predicted molar refractivity (Wildman–Crippen MR) is 75.2 cm³/mol. The molecule has 0 fully saturated rings. The number of nitrogens with zero attached hydrogens (tertiary/aromatic N) is 2. The Kier molecular flexibility index (Phi) is 3.63. The van der Waals surface area contributed by atoms with Crippen LogP contribution >= 0.6 is 0 Å². The highest BCUT2D eigenvalue weighted by molar-refractivity contribution is 5.82. The maximum Gasteiger partial charge on any atom is 0.328 e. The van der Waals surface area contributed by atoms with Crippen LogP contribution in [-0.2, 0) is 4.79 Å². The van der Waals surface area contributed by atoms with E-state index in [2.05, 4.69) is 10.2 Å². The van der Waals surface area contributed by atoms with Crippen molar-refractivity contribution < 1.29 is 19.4 Å². The minimum atomic E-state index is -1.03. The average Bonchev–Trinajstić information content (AvgIpc) is 2.53. The first-order chi connectivity index (χ1) is 11.0. The lowest BCUT2D eigenvalue weighted by atomic mass is 10.2. The van der Waals surface area contributed by atoms with Crippen LogP contribution in [0.15, 0.2) is 44.1 Å². The van der Waals surface area contributed by atoms with Gasteiger partial charge in [-0.25, -0.2) is 4.79 Å². The second-order valence-electron chi connectivity index (χ2n) is 4.51. The zero-order valence-corrected chi connectivity index (χ0v) is 11.5. The van der Waals surface area contributed by atoms with Crippen molar-refractivity contribution in [3.05, 3.63) is 45.1 Å². The minimum Gasteiger partial charge on any atom is -0.493 e. The molecule has 2 heterocycles. The number of nitrogens with one attached hydrogen (secondary N) is 2. The predicted octanol–water partition coefficient (Wildman–Crippen LogP) is 0.219. The zero-order chi connectivity index (χ0) is 16.4. The van der Waals surface area contributed by atoms with Gasteiger partial charge in [-0.15, -0.1) is 10.2 Å². The number of H-pyrrole nitrogens is 2. The fraction of sp³-hybridized carbons (Fsp3) is 0.154. The molecule has 0 aliphatic carbocycles. The number of hydrogen-bond donors (Lipinski definition) is 3. The Hall–Kier alpha value is -3.43. The number of aromatic amines is 2. The minimum absolute atomic E-state index is 0.0666. The van der Waals surface area contributed by atoms with Crippen molar-refractivity contribution in [1.82, 2.24) is 9.97 Å². The maximum atomic E-state index is 11.9. The highest BCUT2D eigenvalue weighted by Gasteiger charge is 2.27. The molecule has 3 rings (SSSR count). The van der Waals surface area contributed by atoms with Crippen molar-refractivity contribution in [1.29, 1.82) is 0 Å². The Balaban J connectivity index is 1.78. The van der Waals surface area contributed by atoms with Crippen molar-refractivity contribution in [2.24, 2.45) is 10.2 Å². The molecule has 1 atom stereocenters. The third kappa shape index (κ3) is 2.95. The van der Waals surface area contributed by atoms with Gasteiger partial charge in [0.1, 0.15) is 6.61 Å². The van der Waals surface area contributed by atoms with Gasteiger partial charge in [-0.05, 0) is 12.1 Å². The van der Waals surface area contributed by atoms with Crippen molar-refractivity contribution in [2.75, 3.05) is 6.61 Å². The SMILES string of the molecule is O=C(N=Nc1c(O)[nH]c(=O)[nH]c1=O)C1COc2ccccc2O1. The second-order valence-corrected chi connectivity index (χ2v) is 4.51. The highest BCUT2D eigenvalue weighted by atomic mass is 16.6. The summed E-state index contributed by atoms with van der Waals surface area (Å²) in [6, 6.07) is 6.80. The lowest BCUT2D eigenvalue weighted by molar-refractivity contribution is -0.127. The molecule has 3 N–H and O–H groups in total. The van der Waals surface area contributed by atoms with Crippen LogP contribution in [-0.4, -0.2) is 33.7 Å². The third-order valence-electron chi connectivity index (χ3n) is 2.93. The number of para-hydroxylation sites is 2. The monoisotopic (exact) mass is 318 g/mol. The van der Waals surface area contributed by atoms with Crippen LogP contribution in [0.3, 0.4) is 0 Å². The maximum absolute atomic E-state index is 11.9. The molecule has 1 aromatic heterocycles. The summed E-state index contributed by atoms with van der Waals surface area (Å²) in [5.74, 6) is -0.703. The van der Waals surface area contributed by atoms with Gasteiger partial charge < -0.3 is 14.6 Å². The first kappa shape index (κ1) is 14.5. The number of azo groups is 1. The van der Waals surface area contributed by atoms with Gasteiger partial charge in [-0.2, -0.15) is 0 Å². The van der Waals surface area contributed by atoms with Gasteiger partial charge in [0, 0.05) is 0 Å². The molecule has 2 aromatic rings. The van der Waals surface area contributed by atoms with Crippen molar-refractivity contribution in [3.8, 4) is 17.4 Å². The number of carbonyl (C=O) groups is 1. The van der Waals surface area contributed by atoms with Crippen LogP contribution in [0.5, 0.6) is 17.4 Å². The Labute approximate surface area is 127 Å². The highest BCUT2D eigenvalue weighted by Crippen LogP contribution is 2.31. The number of benzene rings is 1. The Bertz CT molecular complexity index is 900. The molecule has 0 bridgehead atoms. The number of aromatic nitrogens is 2. The Morgan fingerprint density at radius 1 is 1.22 bits per heavy atom. The number of aromatic hydroxyl groups is 1. The molecule has 10 nitrogen and oxygen atoms in total. The van der Waals surface area contributed by atoms with Crippen LogP contribution in [0.4, 0.5) is 5.69 Å². The fourth-order valence-electron chi connectivity index (χ4n) is 1.87. The number of carbonyl (C=O) groups excluding carboxylic acids is 1. The van der Waals surface area contributed by atoms with Crippen LogP contribution in [0.25, 0.3) is 0 Å². The van der Waals surface area contributed by atoms with E-state index in [-0.39, 0.29) is 6.61 Å². The number of hydrogen-bond acceptors (Lipinski definition) is 7. The van der Waals surface area contributed by atoms with Gasteiger partial charge in [-0.3, -0.25) is 19.6 Å². The molecular weight excluding hydrogens is 308 g/mol. The quantitative estimate of drug-likeness (QED) is 0.675. The van der Waals surface area contributed by atoms with Gasteiger partial charge in [0.25, 0.3) is 5.56 Å². The lowest BCUT2D eigenvalue weighted by Crippen LogP contribution is -2.35. The number of amides is 1. The Morgan fingerprint density at radius 3 is 2.70 bits per heavy atom. The molecule has 1 unspecified atom stereocenters. The van der Waals surface area contributed by atoms with Gasteiger partial charge >= 0.3 is 11.6 Å². The van der Waals surface area contributed by atoms with E-state index < -0.39 is 34.8 Å². The molecule has 1 amide bonds. The summed E-state index contributed by atoms with van der Waals surface area (Å²) >= 11 is 0. The summed E-state index contributed by atoms with van der Waals surface area (Å²) in [5, 5.41) is 16.1. The van der Waals surface area contributed by atoms with E-state index in [1.165, 1.54) is 0 Å². The fourth-order valence-corrected chi connectivity index (χ4v) is 1.87. The van der Waals surface area contributed by atoms with Gasteiger partial charge in [-0.1, -0.05) is 12.1 Å². The van der Waals surface area contributed by atoms with E-state index in [1.807, 2.05) is 9.97 Å². The standard InChI is InChI=1S/C13H10N4O6/c18-10(8-5-22-6-3-1-2-4-7(6)23-8)17-16-9-11(19)14-13(21)15-12(9)20/h1-4,8H,5H2,(H3,14,15,19,20,21). The first-order valence-electron chi connectivity index (χ1n) is 6.44. The molecule has 23 heavy (non-hydrogen) atoms. The van der Waals surface area contributed by atoms with Crippen LogP contribution in [0.1, 0.15) is 0 Å². The van der Waals surface area contributed by atoms with Crippen LogP contribution in [0.2, 0.25) is 0 Å². The summed E-state index contributed by atoms with van der Waals surface area (Å²) < 4.78 is 10.8. The third-order valence-corrected chi connectivity index (χ3v) is 2.93. The second kappa shape index (κ2) is 5.75. The molecule has 1 aliphatic rings. The molecular formula is C13H10N4O6. The normalized spacial score (nSPS) is 16.4. The van der Waals surface area contributed by atoms with E-state index in [0.717, 1.165) is 0 Å². The van der Waals surface area contributed by atoms with E-state index in [4.69, 9.17) is 9.47 Å². The lowest BCUT2D eigenvalue weighted by Gasteiger charge is -2.23. The molecule has 1 aliphatic heterocycles. The Morgan fingerprint density at radius 2 is 1.96 bits per heavy atom. The summed E-state index contributed by atoms with van der Waals surface area (Å²) in [6.45, 7) is -0.0666. The summed E-state index contributed by atoms with van der Waals surface area (Å²) in [6.07, 6.45) is -1.03. The molecule has 10 heteroatoms. The van der Waals surface area contributed by atoms with Gasteiger partial charge in [0.2, 0.25) is 17.7 Å². The van der Waals surface area contributed by atoms with Crippen molar-refractivity contribution >= 4 is 11.6 Å². The zero-order valence-electron chi connectivity index (χ0n) is 11.5. The van der Waals surface area contributed by atoms with E-state index in [1.54, 1.807) is 24.3 Å². The van der Waals surface area contributed by atoms with Crippen molar-refractivity contribution in [3.63, 3.8) is 0 Å². The van der Waals surface area contributed by atoms with E-state index in [0.29, 0.717) is 11.5 Å². The van der Waals surface area contributed by atoms with E-state index >= 15 is 0 Å². The first-order valence-corrected chi connectivity index (χ1v) is 6.44. The molecule has 0 radical (unpaired) electrons. The number of rotatable bonds is 2. The molecule has 118 valence electrons. The van der Waals surface area contributed by atoms with Crippen LogP contribution in [0, 0.1) is 0 Å². The molecule has 0 spiro atoms. The number of ether oxygens (including phenoxy) is 2. The summed E-state index contributed by atoms with van der Waals surface area (Å²) in [7, 11) is 0. The largest absolute Gasteiger partial charge is 0.493 e. The summed E-state index contributed by atoms with van der Waals surface area (Å²) in [4.78, 5) is 38.1. The summed E-state index contributed by atoms with van der Waals surface area (Å²) in [5.41, 5.74) is -2.47. The van der Waals surface area contributed by atoms with Crippen LogP contribution < -0.4 is 20.7 Å². The molecule has 0 saturated heterocycles. The number of fused-ring (bicyclic) bond motifs is 1. The van der Waals surface area contributed by atoms with Crippen molar-refractivity contribution in [2.45, 2.75) is 6.10 Å². The molecule has 0 saturated carbocycles. The van der Waals surface area contributed by atoms with Gasteiger partial charge in [0.05, 0.1) is 0 Å². The smallest absolute Gasteiger partial charge is 0.328 e. The van der Waals surface area contributed by atoms with Gasteiger partial charge in [0.15, 0.2) is 11.5 Å².